The van der Waals surface area contributed by atoms with Gasteiger partial charge in [0.1, 0.15) is 5.82 Å². The van der Waals surface area contributed by atoms with Crippen molar-refractivity contribution in [1.82, 2.24) is 5.32 Å². The van der Waals surface area contributed by atoms with Crippen LogP contribution in [0.2, 0.25) is 0 Å². The van der Waals surface area contributed by atoms with Gasteiger partial charge in [-0.05, 0) is 59.6 Å². The molecule has 1 N–H and O–H groups in total. The summed E-state index contributed by atoms with van der Waals surface area (Å²) in [5.74, 6) is 1.09. The number of hydrogen-bond donors (Lipinski definition) is 1. The van der Waals surface area contributed by atoms with E-state index < -0.39 is 0 Å². The third-order valence-electron chi connectivity index (χ3n) is 3.26. The van der Waals surface area contributed by atoms with Crippen LogP contribution in [0.1, 0.15) is 18.4 Å². The number of nitrogens with one attached hydrogen (secondary N) is 1. The monoisotopic (exact) mass is 317 g/mol. The minimum atomic E-state index is -0.170. The van der Waals surface area contributed by atoms with Crippen LogP contribution >= 0.6 is 27.7 Å². The van der Waals surface area contributed by atoms with Crippen LogP contribution in [0.15, 0.2) is 22.7 Å². The molecule has 0 spiro atoms. The molecule has 2 atom stereocenters. The van der Waals surface area contributed by atoms with Gasteiger partial charge < -0.3 is 5.32 Å². The first-order valence-electron chi connectivity index (χ1n) is 5.94. The molecule has 1 nitrogen and oxygen atoms in total. The van der Waals surface area contributed by atoms with Gasteiger partial charge in [0.15, 0.2) is 0 Å². The van der Waals surface area contributed by atoms with E-state index in [1.165, 1.54) is 24.7 Å². The van der Waals surface area contributed by atoms with Crippen LogP contribution in [0.25, 0.3) is 0 Å². The second-order valence-corrected chi connectivity index (χ2v) is 6.50. The average Bonchev–Trinajstić information content (AvgIpc) is 2.85. The fraction of sp³-hybridized carbons (Fsp3) is 0.538. The predicted molar refractivity (Wildman–Crippen MR) is 76.1 cm³/mol. The summed E-state index contributed by atoms with van der Waals surface area (Å²) in [6, 6.07) is 5.70. The SMILES string of the molecule is CNC(Cc1cccc(F)c1Br)C1CCCS1. The van der Waals surface area contributed by atoms with E-state index in [1.54, 1.807) is 6.07 Å². The smallest absolute Gasteiger partial charge is 0.137 e. The molecule has 1 aliphatic heterocycles. The molecule has 2 unspecified atom stereocenters. The minimum Gasteiger partial charge on any atom is -0.316 e. The summed E-state index contributed by atoms with van der Waals surface area (Å²) in [7, 11) is 2.00. The second-order valence-electron chi connectivity index (χ2n) is 4.36. The van der Waals surface area contributed by atoms with Crippen LogP contribution in [-0.4, -0.2) is 24.1 Å². The van der Waals surface area contributed by atoms with Crippen molar-refractivity contribution >= 4 is 27.7 Å². The van der Waals surface area contributed by atoms with E-state index >= 15 is 0 Å². The quantitative estimate of drug-likeness (QED) is 0.910. The minimum absolute atomic E-state index is 0.170. The van der Waals surface area contributed by atoms with E-state index in [9.17, 15) is 4.39 Å². The summed E-state index contributed by atoms with van der Waals surface area (Å²) in [5.41, 5.74) is 1.05. The first-order chi connectivity index (χ1) is 8.22. The van der Waals surface area contributed by atoms with Gasteiger partial charge in [0.05, 0.1) is 4.47 Å². The van der Waals surface area contributed by atoms with Crippen molar-refractivity contribution < 1.29 is 4.39 Å². The summed E-state index contributed by atoms with van der Waals surface area (Å²) >= 11 is 5.37. The Morgan fingerprint density at radius 3 is 3.06 bits per heavy atom. The molecule has 1 heterocycles. The summed E-state index contributed by atoms with van der Waals surface area (Å²) in [5, 5.41) is 4.04. The number of halogens is 2. The molecule has 4 heteroatoms. The van der Waals surface area contributed by atoms with Crippen molar-refractivity contribution in [3.8, 4) is 0 Å². The van der Waals surface area contributed by atoms with Crippen LogP contribution in [0.3, 0.4) is 0 Å². The lowest BCUT2D eigenvalue weighted by atomic mass is 10.0. The topological polar surface area (TPSA) is 12.0 Å². The van der Waals surface area contributed by atoms with E-state index in [4.69, 9.17) is 0 Å². The highest BCUT2D eigenvalue weighted by Gasteiger charge is 2.25. The van der Waals surface area contributed by atoms with Gasteiger partial charge in [-0.2, -0.15) is 11.8 Å². The maximum absolute atomic E-state index is 13.4. The molecule has 1 aromatic carbocycles. The summed E-state index contributed by atoms with van der Waals surface area (Å²) in [6.45, 7) is 0. The number of thioether (sulfide) groups is 1. The molecule has 0 saturated carbocycles. The Morgan fingerprint density at radius 1 is 1.59 bits per heavy atom. The number of hydrogen-bond acceptors (Lipinski definition) is 2. The lowest BCUT2D eigenvalue weighted by Crippen LogP contribution is -2.36. The van der Waals surface area contributed by atoms with Crippen molar-refractivity contribution in [3.63, 3.8) is 0 Å². The Kier molecular flexibility index (Phi) is 4.88. The zero-order valence-electron chi connectivity index (χ0n) is 9.88. The maximum atomic E-state index is 13.4. The Labute approximate surface area is 115 Å². The summed E-state index contributed by atoms with van der Waals surface area (Å²) < 4.78 is 14.1. The summed E-state index contributed by atoms with van der Waals surface area (Å²) in [4.78, 5) is 0. The number of benzene rings is 1. The largest absolute Gasteiger partial charge is 0.316 e. The summed E-state index contributed by atoms with van der Waals surface area (Å²) in [6.07, 6.45) is 3.45. The number of likely N-dealkylation sites (N-methyl/N-ethyl adjacent to an activating group) is 1. The van der Waals surface area contributed by atoms with Crippen LogP contribution in [-0.2, 0) is 6.42 Å². The van der Waals surface area contributed by atoms with Gasteiger partial charge in [-0.1, -0.05) is 12.1 Å². The molecule has 0 amide bonds. The molecular formula is C13H17BrFNS. The lowest BCUT2D eigenvalue weighted by Gasteiger charge is -2.23. The highest BCUT2D eigenvalue weighted by Crippen LogP contribution is 2.31. The fourth-order valence-electron chi connectivity index (χ4n) is 2.28. The molecule has 1 aliphatic rings. The molecule has 0 radical (unpaired) electrons. The Morgan fingerprint density at radius 2 is 2.41 bits per heavy atom. The van der Waals surface area contributed by atoms with Gasteiger partial charge >= 0.3 is 0 Å². The van der Waals surface area contributed by atoms with Crippen molar-refractivity contribution in [2.45, 2.75) is 30.6 Å². The highest BCUT2D eigenvalue weighted by molar-refractivity contribution is 9.10. The second kappa shape index (κ2) is 6.21. The van der Waals surface area contributed by atoms with E-state index in [1.807, 2.05) is 24.9 Å². The number of rotatable bonds is 4. The third-order valence-corrected chi connectivity index (χ3v) is 5.66. The Hall–Kier alpha value is -0.0600. The van der Waals surface area contributed by atoms with Gasteiger partial charge in [-0.15, -0.1) is 0 Å². The van der Waals surface area contributed by atoms with E-state index in [0.29, 0.717) is 15.8 Å². The standard InChI is InChI=1S/C13H17BrFNS/c1-16-11(12-6-3-7-17-12)8-9-4-2-5-10(15)13(9)14/h2,4-5,11-12,16H,3,6-8H2,1H3. The van der Waals surface area contributed by atoms with Gasteiger partial charge in [0.2, 0.25) is 0 Å². The van der Waals surface area contributed by atoms with Gasteiger partial charge in [0, 0.05) is 11.3 Å². The van der Waals surface area contributed by atoms with Gasteiger partial charge in [-0.25, -0.2) is 4.39 Å². The van der Waals surface area contributed by atoms with Gasteiger partial charge in [0.25, 0.3) is 0 Å². The van der Waals surface area contributed by atoms with Crippen LogP contribution in [0.4, 0.5) is 4.39 Å². The molecule has 0 aliphatic carbocycles. The van der Waals surface area contributed by atoms with E-state index in [-0.39, 0.29) is 5.82 Å². The Bertz CT molecular complexity index is 380. The van der Waals surface area contributed by atoms with Crippen molar-refractivity contribution in [3.05, 3.63) is 34.1 Å². The first kappa shape index (κ1) is 13.4. The van der Waals surface area contributed by atoms with Crippen LogP contribution in [0, 0.1) is 5.82 Å². The molecule has 17 heavy (non-hydrogen) atoms. The first-order valence-corrected chi connectivity index (χ1v) is 7.78. The average molecular weight is 318 g/mol. The normalized spacial score (nSPS) is 21.7. The molecule has 2 rings (SSSR count). The molecule has 0 aromatic heterocycles. The highest BCUT2D eigenvalue weighted by atomic mass is 79.9. The predicted octanol–water partition coefficient (Wildman–Crippen LogP) is 3.61. The van der Waals surface area contributed by atoms with Crippen molar-refractivity contribution in [2.24, 2.45) is 0 Å². The fourth-order valence-corrected chi connectivity index (χ4v) is 4.14. The molecular weight excluding hydrogens is 301 g/mol. The van der Waals surface area contributed by atoms with Crippen LogP contribution in [0.5, 0.6) is 0 Å². The van der Waals surface area contributed by atoms with Crippen LogP contribution < -0.4 is 5.32 Å². The third kappa shape index (κ3) is 3.24. The zero-order chi connectivity index (χ0) is 12.3. The zero-order valence-corrected chi connectivity index (χ0v) is 12.3. The van der Waals surface area contributed by atoms with Crippen molar-refractivity contribution in [1.29, 1.82) is 0 Å². The maximum Gasteiger partial charge on any atom is 0.137 e. The van der Waals surface area contributed by atoms with E-state index in [0.717, 1.165) is 12.0 Å². The molecule has 94 valence electrons. The lowest BCUT2D eigenvalue weighted by molar-refractivity contribution is 0.520. The molecule has 1 fully saturated rings. The molecule has 1 saturated heterocycles. The van der Waals surface area contributed by atoms with Crippen molar-refractivity contribution in [2.75, 3.05) is 12.8 Å². The molecule has 0 bridgehead atoms. The van der Waals surface area contributed by atoms with E-state index in [2.05, 4.69) is 21.2 Å². The van der Waals surface area contributed by atoms with Gasteiger partial charge in [-0.3, -0.25) is 0 Å². The molecule has 1 aromatic rings. The Balaban J connectivity index is 2.09.